The first-order chi connectivity index (χ1) is 55.9. The van der Waals surface area contributed by atoms with Gasteiger partial charge in [0.15, 0.2) is 0 Å². The summed E-state index contributed by atoms with van der Waals surface area (Å²) in [5, 5.41) is 0. The van der Waals surface area contributed by atoms with E-state index in [1.54, 1.807) is 0 Å². The van der Waals surface area contributed by atoms with Crippen LogP contribution in [0.25, 0.3) is 0 Å². The van der Waals surface area contributed by atoms with Gasteiger partial charge in [0.1, 0.15) is 68.1 Å². The van der Waals surface area contributed by atoms with Gasteiger partial charge in [-0.15, -0.1) is 0 Å². The molecule has 8 aliphatic carbocycles. The van der Waals surface area contributed by atoms with Gasteiger partial charge in [-0.2, -0.15) is 0 Å². The molecule has 14 rings (SSSR count). The van der Waals surface area contributed by atoms with Crippen LogP contribution in [-0.4, -0.2) is 33.6 Å². The maximum atomic E-state index is 6.46. The number of hydrogen-bond donors (Lipinski definition) is 0. The molecule has 0 aliphatic heterocycles. The SMILES string of the molecule is CC(C)c1cccc([C@@H](C)C2CC2)c1OC(C)(C)C.CC(C)c1cccc([C@@H](C)C2CCC2)c1OC(C)(C)C.CC(C)c1cccc([C@H](C)C2CC2)c1OC(C)(C)C.CC(C)c1cccc([C@H](C)C2CCC2)c1OC(C)(C)C.CC(c1cccc(C(C)C2CC2)c1OC(C)(C)C)C1CC1.C[C@H](c1cccc([C@H](C)C2CC2)c1OC(C)(C)C)C1CC1. The molecule has 2 unspecified atom stereocenters. The van der Waals surface area contributed by atoms with Crippen molar-refractivity contribution in [2.75, 3.05) is 0 Å². The maximum absolute atomic E-state index is 6.46. The van der Waals surface area contributed by atoms with Crippen molar-refractivity contribution in [2.24, 2.45) is 47.3 Å². The Kier molecular flexibility index (Phi) is 33.5. The third-order valence-corrected chi connectivity index (χ3v) is 27.0. The maximum Gasteiger partial charge on any atom is 0.127 e. The zero-order chi connectivity index (χ0) is 88.6. The average Bonchev–Trinajstić information content (AvgIpc) is 1.36. The van der Waals surface area contributed by atoms with Crippen molar-refractivity contribution < 1.29 is 28.4 Å². The van der Waals surface area contributed by atoms with Gasteiger partial charge in [-0.25, -0.2) is 0 Å². The molecule has 8 atom stereocenters. The van der Waals surface area contributed by atoms with Crippen LogP contribution in [0.3, 0.4) is 0 Å². The van der Waals surface area contributed by atoms with Crippen LogP contribution in [0.2, 0.25) is 0 Å². The molecule has 8 aliphatic rings. The Labute approximate surface area is 737 Å². The van der Waals surface area contributed by atoms with Crippen LogP contribution in [-0.2, 0) is 0 Å². The molecule has 120 heavy (non-hydrogen) atoms. The number of ether oxygens (including phenoxy) is 6. The molecule has 0 heterocycles. The molecule has 8 fully saturated rings. The van der Waals surface area contributed by atoms with E-state index in [1.165, 1.54) is 194 Å². The topological polar surface area (TPSA) is 55.4 Å². The normalized spacial score (nSPS) is 19.2. The van der Waals surface area contributed by atoms with Crippen LogP contribution in [0.1, 0.15) is 489 Å². The van der Waals surface area contributed by atoms with Gasteiger partial charge in [0, 0.05) is 0 Å². The van der Waals surface area contributed by atoms with Crippen molar-refractivity contribution in [3.05, 3.63) is 176 Å². The Morgan fingerprint density at radius 1 is 0.175 bits per heavy atom. The summed E-state index contributed by atoms with van der Waals surface area (Å²) in [6, 6.07) is 40.4. The minimum Gasteiger partial charge on any atom is -0.488 e. The highest BCUT2D eigenvalue weighted by molar-refractivity contribution is 5.52. The molecule has 8 saturated carbocycles. The predicted molar refractivity (Wildman–Crippen MR) is 516 cm³/mol. The van der Waals surface area contributed by atoms with E-state index < -0.39 is 0 Å². The van der Waals surface area contributed by atoms with Gasteiger partial charge in [-0.05, 0) is 412 Å². The van der Waals surface area contributed by atoms with E-state index in [1.807, 2.05) is 0 Å². The Balaban J connectivity index is 0.000000164. The molecule has 6 aromatic rings. The summed E-state index contributed by atoms with van der Waals surface area (Å²) in [7, 11) is 0. The molecule has 0 N–H and O–H groups in total. The molecule has 0 bridgehead atoms. The van der Waals surface area contributed by atoms with Crippen LogP contribution in [0.5, 0.6) is 34.5 Å². The lowest BCUT2D eigenvalue weighted by atomic mass is 9.73. The van der Waals surface area contributed by atoms with E-state index >= 15 is 0 Å². The Morgan fingerprint density at radius 2 is 0.283 bits per heavy atom. The van der Waals surface area contributed by atoms with Gasteiger partial charge in [0.2, 0.25) is 0 Å². The van der Waals surface area contributed by atoms with E-state index in [-0.39, 0.29) is 33.6 Å². The summed E-state index contributed by atoms with van der Waals surface area (Å²) >= 11 is 0. The lowest BCUT2D eigenvalue weighted by Gasteiger charge is -2.35. The molecule has 0 amide bonds. The van der Waals surface area contributed by atoms with Gasteiger partial charge in [0.25, 0.3) is 0 Å². The number of hydrogen-bond acceptors (Lipinski definition) is 6. The third-order valence-electron chi connectivity index (χ3n) is 27.0. The van der Waals surface area contributed by atoms with Crippen LogP contribution < -0.4 is 28.4 Å². The fourth-order valence-electron chi connectivity index (χ4n) is 18.2. The summed E-state index contributed by atoms with van der Waals surface area (Å²) in [4.78, 5) is 0. The second kappa shape index (κ2) is 41.1. The monoisotopic (exact) mass is 1640 g/mol. The second-order valence-corrected chi connectivity index (χ2v) is 46.2. The van der Waals surface area contributed by atoms with Gasteiger partial charge in [-0.3, -0.25) is 0 Å². The van der Waals surface area contributed by atoms with Crippen molar-refractivity contribution >= 4 is 0 Å². The highest BCUT2D eigenvalue weighted by Crippen LogP contribution is 2.55. The van der Waals surface area contributed by atoms with E-state index in [2.05, 4.69) is 345 Å². The minimum absolute atomic E-state index is 0.128. The quantitative estimate of drug-likeness (QED) is 0.0539. The van der Waals surface area contributed by atoms with E-state index in [0.717, 1.165) is 70.3 Å². The Morgan fingerprint density at radius 3 is 0.375 bits per heavy atom. The first-order valence-corrected chi connectivity index (χ1v) is 48.8. The smallest absolute Gasteiger partial charge is 0.127 e. The third kappa shape index (κ3) is 29.1. The minimum atomic E-state index is -0.140. The van der Waals surface area contributed by atoms with Crippen molar-refractivity contribution in [3.63, 3.8) is 0 Å². The van der Waals surface area contributed by atoms with Gasteiger partial charge >= 0.3 is 0 Å². The molecular formula is C114H176O6. The molecule has 6 heteroatoms. The van der Waals surface area contributed by atoms with Crippen LogP contribution in [0.15, 0.2) is 109 Å². The Hall–Kier alpha value is -5.88. The summed E-state index contributed by atoms with van der Waals surface area (Å²) in [5.74, 6) is 20.9. The zero-order valence-corrected chi connectivity index (χ0v) is 83.1. The number of rotatable bonds is 26. The zero-order valence-electron chi connectivity index (χ0n) is 83.1. The van der Waals surface area contributed by atoms with Gasteiger partial charge in [-0.1, -0.05) is 233 Å². The van der Waals surface area contributed by atoms with E-state index in [4.69, 9.17) is 28.4 Å². The van der Waals surface area contributed by atoms with E-state index in [0.29, 0.717) is 71.0 Å². The fourth-order valence-corrected chi connectivity index (χ4v) is 18.2. The van der Waals surface area contributed by atoms with Crippen molar-refractivity contribution in [3.8, 4) is 34.5 Å². The molecule has 6 aromatic carbocycles. The highest BCUT2D eigenvalue weighted by atomic mass is 16.5. The molecule has 0 saturated heterocycles. The molecule has 0 aromatic heterocycles. The van der Waals surface area contributed by atoms with E-state index in [9.17, 15) is 0 Å². The lowest BCUT2D eigenvalue weighted by Crippen LogP contribution is -2.26. The first kappa shape index (κ1) is 97.9. The average molecular weight is 1640 g/mol. The van der Waals surface area contributed by atoms with Crippen molar-refractivity contribution in [2.45, 2.75) is 456 Å². The van der Waals surface area contributed by atoms with Crippen LogP contribution in [0.4, 0.5) is 0 Å². The van der Waals surface area contributed by atoms with Crippen molar-refractivity contribution in [1.29, 1.82) is 0 Å². The molecule has 668 valence electrons. The largest absolute Gasteiger partial charge is 0.488 e. The lowest BCUT2D eigenvalue weighted by molar-refractivity contribution is 0.124. The highest BCUT2D eigenvalue weighted by Gasteiger charge is 2.41. The summed E-state index contributed by atoms with van der Waals surface area (Å²) in [6.07, 6.45) is 24.9. The van der Waals surface area contributed by atoms with Gasteiger partial charge < -0.3 is 28.4 Å². The number of para-hydroxylation sites is 6. The standard InChI is InChI=1S/2C20H30O.2C19H30O.2C18H28O/c2*1-13(15-9-10-15)17-7-6-8-18(14(2)16-11-12-16)19(17)21-20(3,4)5;2*1-13(2)16-11-8-12-17(14(3)15-9-7-10-15)18(16)20-19(4,5)6;2*1-12(2)15-8-7-9-16(13(3)14-10-11-14)17(15)19-18(4,5)6/h2*6-8,13-16H,9-12H2,1-5H3;2*8,11-15H,7,9-10H2,1-6H3;2*7-9,12-14H,10-11H2,1-6H3/t13-,14+;;2*14-;2*13-/m..1010/s1. The first-order valence-electron chi connectivity index (χ1n) is 48.8. The summed E-state index contributed by atoms with van der Waals surface area (Å²) in [6.45, 7) is 75.6. The van der Waals surface area contributed by atoms with Crippen molar-refractivity contribution in [1.82, 2.24) is 0 Å². The summed E-state index contributed by atoms with van der Waals surface area (Å²) in [5.41, 5.74) is 16.0. The Bertz CT molecular complexity index is 3820. The van der Waals surface area contributed by atoms with Crippen LogP contribution >= 0.6 is 0 Å². The predicted octanol–water partition coefficient (Wildman–Crippen LogP) is 34.6. The molecule has 0 spiro atoms. The second-order valence-electron chi connectivity index (χ2n) is 46.2. The van der Waals surface area contributed by atoms with Crippen LogP contribution in [0, 0.1) is 47.3 Å². The molecular weight excluding hydrogens is 1470 g/mol. The fraction of sp³-hybridized carbons (Fsp3) is 0.684. The summed E-state index contributed by atoms with van der Waals surface area (Å²) < 4.78 is 38.3. The number of benzene rings is 6. The van der Waals surface area contributed by atoms with Gasteiger partial charge in [0.05, 0.1) is 0 Å². The molecule has 6 nitrogen and oxygen atoms in total. The molecule has 0 radical (unpaired) electrons.